The Balaban J connectivity index is 1.57. The Bertz CT molecular complexity index is 1440. The molecule has 0 saturated carbocycles. The van der Waals surface area contributed by atoms with Gasteiger partial charge in [0.05, 0.1) is 18.2 Å². The van der Waals surface area contributed by atoms with Gasteiger partial charge in [0.25, 0.3) is 5.91 Å². The molecule has 5 rings (SSSR count). The molecular weight excluding hydrogens is 449 g/mol. The van der Waals surface area contributed by atoms with Crippen molar-refractivity contribution >= 4 is 39.1 Å². The van der Waals surface area contributed by atoms with E-state index in [0.717, 1.165) is 29.7 Å². The smallest absolute Gasteiger partial charge is 0.316 e. The fraction of sp³-hybridized carbons (Fsp3) is 0.360. The van der Waals surface area contributed by atoms with Crippen LogP contribution >= 0.6 is 0 Å². The third-order valence-corrected chi connectivity index (χ3v) is 6.41. The van der Waals surface area contributed by atoms with Gasteiger partial charge in [-0.3, -0.25) is 9.48 Å². The van der Waals surface area contributed by atoms with Crippen LogP contribution in [-0.2, 0) is 7.05 Å². The van der Waals surface area contributed by atoms with E-state index in [0.29, 0.717) is 34.2 Å². The first-order valence-corrected chi connectivity index (χ1v) is 11.5. The van der Waals surface area contributed by atoms with Crippen LogP contribution in [0.1, 0.15) is 29.8 Å². The number of benzene rings is 2. The highest BCUT2D eigenvalue weighted by Crippen LogP contribution is 2.32. The first-order chi connectivity index (χ1) is 16.7. The molecule has 10 heteroatoms. The lowest BCUT2D eigenvalue weighted by Crippen LogP contribution is -2.54. The Hall–Kier alpha value is -3.79. The molecule has 35 heavy (non-hydrogen) atoms. The van der Waals surface area contributed by atoms with Crippen LogP contribution in [0.25, 0.3) is 21.8 Å². The number of hydrogen-bond acceptors (Lipinski definition) is 7. The van der Waals surface area contributed by atoms with Crippen molar-refractivity contribution in [2.24, 2.45) is 7.05 Å². The van der Waals surface area contributed by atoms with Crippen molar-refractivity contribution < 1.29 is 13.9 Å². The molecule has 1 fully saturated rings. The first-order valence-electron chi connectivity index (χ1n) is 11.5. The SMILES string of the molecule is COc1ncc2c(N3C[C@@H](C)N[C@H](C)C3)ccc(C(=O)Nc3cc(F)c4nn(C)cc4c3C)c2n1. The van der Waals surface area contributed by atoms with Crippen molar-refractivity contribution in [1.82, 2.24) is 25.1 Å². The summed E-state index contributed by atoms with van der Waals surface area (Å²) in [6.07, 6.45) is 3.43. The normalized spacial score (nSPS) is 18.3. The van der Waals surface area contributed by atoms with Crippen molar-refractivity contribution in [2.75, 3.05) is 30.4 Å². The van der Waals surface area contributed by atoms with Gasteiger partial charge >= 0.3 is 6.01 Å². The summed E-state index contributed by atoms with van der Waals surface area (Å²) >= 11 is 0. The van der Waals surface area contributed by atoms with Crippen LogP contribution in [0.3, 0.4) is 0 Å². The van der Waals surface area contributed by atoms with Crippen LogP contribution in [0.5, 0.6) is 6.01 Å². The molecule has 4 aromatic rings. The van der Waals surface area contributed by atoms with E-state index in [1.807, 2.05) is 13.0 Å². The molecule has 0 spiro atoms. The highest BCUT2D eigenvalue weighted by Gasteiger charge is 2.25. The Morgan fingerprint density at radius 1 is 1.20 bits per heavy atom. The Morgan fingerprint density at radius 3 is 2.66 bits per heavy atom. The minimum absolute atomic E-state index is 0.171. The largest absolute Gasteiger partial charge is 0.467 e. The monoisotopic (exact) mass is 477 g/mol. The average molecular weight is 478 g/mol. The predicted octanol–water partition coefficient (Wildman–Crippen LogP) is 3.41. The number of amides is 1. The molecule has 1 amide bonds. The number of nitrogens with zero attached hydrogens (tertiary/aromatic N) is 5. The molecular formula is C25H28FN7O2. The molecule has 2 atom stereocenters. The molecule has 2 aromatic carbocycles. The van der Waals surface area contributed by atoms with Crippen LogP contribution in [0.15, 0.2) is 30.6 Å². The molecule has 1 aliphatic rings. The number of hydrogen-bond donors (Lipinski definition) is 2. The maximum atomic E-state index is 14.7. The topological polar surface area (TPSA) is 97.2 Å². The molecule has 0 radical (unpaired) electrons. The number of anilines is 2. The van der Waals surface area contributed by atoms with Crippen LogP contribution in [0.4, 0.5) is 15.8 Å². The van der Waals surface area contributed by atoms with E-state index in [1.54, 1.807) is 30.2 Å². The maximum Gasteiger partial charge on any atom is 0.316 e. The number of halogens is 1. The second kappa shape index (κ2) is 8.77. The van der Waals surface area contributed by atoms with Crippen LogP contribution in [0, 0.1) is 12.7 Å². The number of carbonyl (C=O) groups excluding carboxylic acids is 1. The zero-order chi connectivity index (χ0) is 24.9. The fourth-order valence-corrected chi connectivity index (χ4v) is 4.88. The van der Waals surface area contributed by atoms with E-state index in [4.69, 9.17) is 4.74 Å². The van der Waals surface area contributed by atoms with E-state index in [-0.39, 0.29) is 11.5 Å². The second-order valence-corrected chi connectivity index (χ2v) is 9.18. The number of ether oxygens (including phenoxy) is 1. The summed E-state index contributed by atoms with van der Waals surface area (Å²) in [6, 6.07) is 5.79. The van der Waals surface area contributed by atoms with Gasteiger partial charge in [0, 0.05) is 72.8 Å². The van der Waals surface area contributed by atoms with E-state index in [1.165, 1.54) is 13.2 Å². The number of rotatable bonds is 4. The quantitative estimate of drug-likeness (QED) is 0.465. The van der Waals surface area contributed by atoms with Gasteiger partial charge in [0.2, 0.25) is 0 Å². The summed E-state index contributed by atoms with van der Waals surface area (Å²) in [7, 11) is 3.22. The molecule has 9 nitrogen and oxygen atoms in total. The van der Waals surface area contributed by atoms with Gasteiger partial charge in [-0.15, -0.1) is 0 Å². The molecule has 182 valence electrons. The van der Waals surface area contributed by atoms with E-state index >= 15 is 0 Å². The van der Waals surface area contributed by atoms with Crippen molar-refractivity contribution in [1.29, 1.82) is 0 Å². The van der Waals surface area contributed by atoms with Crippen molar-refractivity contribution in [3.63, 3.8) is 0 Å². The van der Waals surface area contributed by atoms with Crippen LogP contribution in [-0.4, -0.2) is 57.9 Å². The molecule has 2 aromatic heterocycles. The number of carbonyl (C=O) groups is 1. The summed E-state index contributed by atoms with van der Waals surface area (Å²) in [5.74, 6) is -0.886. The zero-order valence-electron chi connectivity index (χ0n) is 20.4. The highest BCUT2D eigenvalue weighted by molar-refractivity contribution is 6.14. The molecule has 3 heterocycles. The van der Waals surface area contributed by atoms with Crippen molar-refractivity contribution in [3.8, 4) is 6.01 Å². The zero-order valence-corrected chi connectivity index (χ0v) is 20.4. The Kier molecular flexibility index (Phi) is 5.76. The second-order valence-electron chi connectivity index (χ2n) is 9.18. The summed E-state index contributed by atoms with van der Waals surface area (Å²) < 4.78 is 21.5. The van der Waals surface area contributed by atoms with E-state index in [2.05, 4.69) is 44.4 Å². The van der Waals surface area contributed by atoms with Gasteiger partial charge in [-0.25, -0.2) is 9.37 Å². The lowest BCUT2D eigenvalue weighted by Gasteiger charge is -2.38. The summed E-state index contributed by atoms with van der Waals surface area (Å²) in [5.41, 5.74) is 3.18. The third-order valence-electron chi connectivity index (χ3n) is 6.41. The van der Waals surface area contributed by atoms with E-state index in [9.17, 15) is 9.18 Å². The maximum absolute atomic E-state index is 14.7. The number of methoxy groups -OCH3 is 1. The number of aryl methyl sites for hydroxylation is 2. The van der Waals surface area contributed by atoms with Crippen LogP contribution < -0.4 is 20.3 Å². The predicted molar refractivity (Wildman–Crippen MR) is 134 cm³/mol. The first kappa shape index (κ1) is 23.0. The Labute approximate surface area is 202 Å². The fourth-order valence-electron chi connectivity index (χ4n) is 4.88. The summed E-state index contributed by atoms with van der Waals surface area (Å²) in [6.45, 7) is 7.76. The molecule has 0 aliphatic carbocycles. The van der Waals surface area contributed by atoms with Gasteiger partial charge in [-0.1, -0.05) is 0 Å². The van der Waals surface area contributed by atoms with Crippen molar-refractivity contribution in [3.05, 3.63) is 47.5 Å². The molecule has 1 saturated heterocycles. The lowest BCUT2D eigenvalue weighted by atomic mass is 10.0. The van der Waals surface area contributed by atoms with Gasteiger partial charge in [0.1, 0.15) is 5.52 Å². The van der Waals surface area contributed by atoms with Gasteiger partial charge in [-0.2, -0.15) is 10.1 Å². The number of piperazine rings is 1. The Morgan fingerprint density at radius 2 is 1.94 bits per heavy atom. The molecule has 2 N–H and O–H groups in total. The minimum atomic E-state index is -0.493. The number of fused-ring (bicyclic) bond motifs is 2. The molecule has 0 bridgehead atoms. The summed E-state index contributed by atoms with van der Waals surface area (Å²) in [5, 5.41) is 12.0. The van der Waals surface area contributed by atoms with Gasteiger partial charge in [0.15, 0.2) is 5.82 Å². The number of aromatic nitrogens is 4. The van der Waals surface area contributed by atoms with Gasteiger partial charge < -0.3 is 20.3 Å². The highest BCUT2D eigenvalue weighted by atomic mass is 19.1. The lowest BCUT2D eigenvalue weighted by molar-refractivity contribution is 0.102. The van der Waals surface area contributed by atoms with Crippen LogP contribution in [0.2, 0.25) is 0 Å². The molecule has 0 unspecified atom stereocenters. The van der Waals surface area contributed by atoms with Crippen molar-refractivity contribution in [2.45, 2.75) is 32.9 Å². The van der Waals surface area contributed by atoms with E-state index < -0.39 is 11.7 Å². The minimum Gasteiger partial charge on any atom is -0.467 e. The number of nitrogens with one attached hydrogen (secondary N) is 2. The van der Waals surface area contributed by atoms with Gasteiger partial charge in [-0.05, 0) is 38.5 Å². The third kappa shape index (κ3) is 4.14. The molecule has 1 aliphatic heterocycles. The summed E-state index contributed by atoms with van der Waals surface area (Å²) in [4.78, 5) is 24.5. The average Bonchev–Trinajstić information content (AvgIpc) is 3.23. The standard InChI is InChI=1S/C25H28FN7O2/c1-13-10-33(11-14(2)28-13)21-7-6-16(22-17(21)9-27-25(30-22)35-5)24(34)29-20-8-19(26)23-18(15(20)3)12-32(4)31-23/h6-9,12-14,28H,10-11H2,1-5H3,(H,29,34)/t13-,14-/m1/s1.